The van der Waals surface area contributed by atoms with Crippen LogP contribution in [0, 0.1) is 13.8 Å². The zero-order chi connectivity index (χ0) is 40.4. The van der Waals surface area contributed by atoms with E-state index in [1.165, 1.54) is 66.8 Å². The monoisotopic (exact) mass is 743 g/mol. The minimum Gasteiger partial charge on any atom is -0.354 e. The highest BCUT2D eigenvalue weighted by atomic mass is 14.8. The van der Waals surface area contributed by atoms with Crippen molar-refractivity contribution in [2.75, 3.05) is 0 Å². The van der Waals surface area contributed by atoms with Crippen LogP contribution in [0.2, 0.25) is 0 Å². The number of nitrogens with one attached hydrogen (secondary N) is 2. The van der Waals surface area contributed by atoms with Gasteiger partial charge in [0, 0.05) is 34.6 Å². The molecule has 6 heterocycles. The molecular weight excluding hydrogens is 683 g/mol. The van der Waals surface area contributed by atoms with Crippen LogP contribution < -0.4 is 0 Å². The van der Waals surface area contributed by atoms with Gasteiger partial charge in [-0.05, 0) is 155 Å². The minimum atomic E-state index is -0.0250. The number of hydrogen-bond acceptors (Lipinski definition) is 3. The first-order valence-corrected chi connectivity index (χ1v) is 20.8. The average molecular weight is 744 g/mol. The molecule has 5 aromatic rings. The summed E-state index contributed by atoms with van der Waals surface area (Å²) < 4.78 is 0. The third kappa shape index (κ3) is 6.57. The molecule has 8 bridgehead atoms. The van der Waals surface area contributed by atoms with E-state index in [1.54, 1.807) is 0 Å². The molecule has 0 atom stereocenters. The summed E-state index contributed by atoms with van der Waals surface area (Å²) in [5.74, 6) is 0. The minimum absolute atomic E-state index is 0.0250. The van der Waals surface area contributed by atoms with Crippen LogP contribution in [0.5, 0.6) is 0 Å². The summed E-state index contributed by atoms with van der Waals surface area (Å²) >= 11 is 0. The summed E-state index contributed by atoms with van der Waals surface area (Å²) in [6.45, 7) is 32.1. The van der Waals surface area contributed by atoms with Crippen molar-refractivity contribution in [3.05, 3.63) is 111 Å². The Kier molecular flexibility index (Phi) is 10.1. The number of allylic oxidation sites excluding steroid dienone is 4. The van der Waals surface area contributed by atoms with E-state index in [0.717, 1.165) is 81.7 Å². The van der Waals surface area contributed by atoms with Gasteiger partial charge in [0.15, 0.2) is 0 Å². The molecule has 5 heteroatoms. The number of rotatable bonds is 6. The van der Waals surface area contributed by atoms with E-state index in [2.05, 4.69) is 154 Å². The fourth-order valence-electron chi connectivity index (χ4n) is 9.03. The fraction of sp³-hybridized carbons (Fsp3) is 0.392. The zero-order valence-electron chi connectivity index (χ0n) is 36.4. The van der Waals surface area contributed by atoms with Crippen LogP contribution in [-0.4, -0.2) is 24.9 Å². The summed E-state index contributed by atoms with van der Waals surface area (Å²) in [6, 6.07) is 16.1. The van der Waals surface area contributed by atoms with Crippen molar-refractivity contribution in [2.24, 2.45) is 0 Å². The van der Waals surface area contributed by atoms with Crippen LogP contribution in [0.4, 0.5) is 0 Å². The molecule has 2 N–H and O–H groups in total. The third-order valence-electron chi connectivity index (χ3n) is 12.4. The Balaban J connectivity index is 1.78. The second-order valence-electron chi connectivity index (χ2n) is 17.9. The third-order valence-corrected chi connectivity index (χ3v) is 12.4. The Hall–Kier alpha value is -5.03. The molecule has 56 heavy (non-hydrogen) atoms. The maximum Gasteiger partial charge on any atom is 0.0769 e. The number of aromatic nitrogens is 5. The molecular formula is C51H61N5. The van der Waals surface area contributed by atoms with Gasteiger partial charge >= 0.3 is 0 Å². The van der Waals surface area contributed by atoms with E-state index < -0.39 is 0 Å². The van der Waals surface area contributed by atoms with E-state index in [9.17, 15) is 0 Å². The molecule has 0 fully saturated rings. The van der Waals surface area contributed by atoms with Gasteiger partial charge < -0.3 is 9.97 Å². The van der Waals surface area contributed by atoms with E-state index in [1.807, 2.05) is 12.4 Å². The highest BCUT2D eigenvalue weighted by Crippen LogP contribution is 2.45. The van der Waals surface area contributed by atoms with E-state index in [4.69, 9.17) is 9.97 Å². The second kappa shape index (κ2) is 14.5. The van der Waals surface area contributed by atoms with Gasteiger partial charge in [0.1, 0.15) is 0 Å². The molecule has 0 spiro atoms. The van der Waals surface area contributed by atoms with Gasteiger partial charge in [0.05, 0.1) is 33.8 Å². The summed E-state index contributed by atoms with van der Waals surface area (Å²) in [5, 5.41) is 0. The zero-order valence-corrected chi connectivity index (χ0v) is 36.4. The summed E-state index contributed by atoms with van der Waals surface area (Å²) in [5.41, 5.74) is 26.0. The summed E-state index contributed by atoms with van der Waals surface area (Å²) in [7, 11) is 0. The second-order valence-corrected chi connectivity index (χ2v) is 17.9. The van der Waals surface area contributed by atoms with Crippen molar-refractivity contribution >= 4 is 44.4 Å². The molecule has 5 nitrogen and oxygen atoms in total. The Bertz CT molecular complexity index is 2450. The quantitative estimate of drug-likeness (QED) is 0.182. The van der Waals surface area contributed by atoms with Crippen molar-refractivity contribution in [1.29, 1.82) is 0 Å². The molecule has 2 aliphatic rings. The molecule has 0 amide bonds. The van der Waals surface area contributed by atoms with Crippen LogP contribution in [0.25, 0.3) is 66.6 Å². The summed E-state index contributed by atoms with van der Waals surface area (Å²) in [6.07, 6.45) is 7.32. The van der Waals surface area contributed by atoms with Gasteiger partial charge in [0.2, 0.25) is 0 Å². The number of aryl methyl sites for hydroxylation is 4. The first-order valence-electron chi connectivity index (χ1n) is 20.8. The molecule has 0 aliphatic carbocycles. The number of hydrogen-bond donors (Lipinski definition) is 2. The lowest BCUT2D eigenvalue weighted by Gasteiger charge is -2.26. The Morgan fingerprint density at radius 2 is 0.946 bits per heavy atom. The average Bonchev–Trinajstić information content (AvgIpc) is 3.84. The smallest absolute Gasteiger partial charge is 0.0769 e. The molecule has 0 saturated carbocycles. The normalized spacial score (nSPS) is 13.7. The SMILES string of the molecule is CCC1=C(C)c2nc1cc1[nH]c(c(C)c1CC)c(-c1cc(C(C)(C)C)cc(C(C)(C)C)c1)c1[nH]c(cc3nc(c2-c2ccncc2)C(C)=C3CC)c(CC)c1C. The maximum absolute atomic E-state index is 5.55. The number of aromatic amines is 2. The van der Waals surface area contributed by atoms with Crippen LogP contribution in [0.1, 0.15) is 152 Å². The molecule has 4 aromatic heterocycles. The van der Waals surface area contributed by atoms with Crippen LogP contribution >= 0.6 is 0 Å². The largest absolute Gasteiger partial charge is 0.354 e. The van der Waals surface area contributed by atoms with Gasteiger partial charge in [-0.3, -0.25) is 4.98 Å². The van der Waals surface area contributed by atoms with Gasteiger partial charge in [0.25, 0.3) is 0 Å². The predicted molar refractivity (Wildman–Crippen MR) is 241 cm³/mol. The predicted octanol–water partition coefficient (Wildman–Crippen LogP) is 14.1. The van der Waals surface area contributed by atoms with Crippen molar-refractivity contribution < 1.29 is 0 Å². The van der Waals surface area contributed by atoms with Gasteiger partial charge in [-0.2, -0.15) is 0 Å². The number of nitrogens with zero attached hydrogens (tertiary/aromatic N) is 3. The van der Waals surface area contributed by atoms with Crippen LogP contribution in [0.3, 0.4) is 0 Å². The lowest BCUT2D eigenvalue weighted by Crippen LogP contribution is -2.16. The van der Waals surface area contributed by atoms with Gasteiger partial charge in [-0.15, -0.1) is 0 Å². The van der Waals surface area contributed by atoms with E-state index in [0.29, 0.717) is 0 Å². The molecule has 0 unspecified atom stereocenters. The Morgan fingerprint density at radius 3 is 1.32 bits per heavy atom. The Morgan fingerprint density at radius 1 is 0.518 bits per heavy atom. The Labute approximate surface area is 334 Å². The number of fused-ring (bicyclic) bond motifs is 8. The molecule has 7 rings (SSSR count). The van der Waals surface area contributed by atoms with Gasteiger partial charge in [-0.1, -0.05) is 87.4 Å². The highest BCUT2D eigenvalue weighted by Gasteiger charge is 2.28. The van der Waals surface area contributed by atoms with Crippen molar-refractivity contribution in [3.63, 3.8) is 0 Å². The maximum atomic E-state index is 5.55. The van der Waals surface area contributed by atoms with Crippen molar-refractivity contribution in [2.45, 2.75) is 133 Å². The van der Waals surface area contributed by atoms with E-state index in [-0.39, 0.29) is 10.8 Å². The molecule has 0 saturated heterocycles. The van der Waals surface area contributed by atoms with Crippen molar-refractivity contribution in [3.8, 4) is 22.3 Å². The number of pyridine rings is 1. The first-order chi connectivity index (χ1) is 26.5. The van der Waals surface area contributed by atoms with E-state index >= 15 is 0 Å². The standard InChI is InChI=1S/C51H61N5/c1-15-36-28(5)46-44(32-19-21-52-22-20-32)47-29(6)37(16-2)41(54-47)27-43-39(18-4)31(8)49(56-43)45(48-30(7)38(17-3)42(55-48)26-40(36)53-46)33-23-34(50(9,10)11)25-35(24-33)51(12,13)14/h19-27,55-56H,15-18H2,1-14H3. The number of benzene rings is 1. The molecule has 2 aliphatic heterocycles. The molecule has 1 aromatic carbocycles. The first kappa shape index (κ1) is 39.2. The lowest BCUT2D eigenvalue weighted by atomic mass is 9.78. The lowest BCUT2D eigenvalue weighted by molar-refractivity contribution is 0.569. The van der Waals surface area contributed by atoms with Crippen LogP contribution in [-0.2, 0) is 23.7 Å². The van der Waals surface area contributed by atoms with Crippen molar-refractivity contribution in [1.82, 2.24) is 24.9 Å². The highest BCUT2D eigenvalue weighted by molar-refractivity contribution is 6.03. The van der Waals surface area contributed by atoms with Crippen LogP contribution in [0.15, 0.2) is 54.9 Å². The molecule has 0 radical (unpaired) electrons. The summed E-state index contributed by atoms with van der Waals surface area (Å²) in [4.78, 5) is 23.6. The molecule has 290 valence electrons. The topological polar surface area (TPSA) is 70.2 Å². The fourth-order valence-corrected chi connectivity index (χ4v) is 9.03. The van der Waals surface area contributed by atoms with Gasteiger partial charge in [-0.25, -0.2) is 9.97 Å². The number of H-pyrrole nitrogens is 2.